The molecule has 128 valence electrons. The van der Waals surface area contributed by atoms with E-state index in [1.807, 2.05) is 44.2 Å². The summed E-state index contributed by atoms with van der Waals surface area (Å²) in [6.45, 7) is 4.23. The molecule has 0 bridgehead atoms. The molecule has 1 aromatic carbocycles. The van der Waals surface area contributed by atoms with Crippen molar-refractivity contribution in [2.45, 2.75) is 24.6 Å². The topological polar surface area (TPSA) is 84.0 Å². The number of rotatable bonds is 8. The van der Waals surface area contributed by atoms with Crippen LogP contribution in [0.3, 0.4) is 0 Å². The zero-order chi connectivity index (χ0) is 17.4. The van der Waals surface area contributed by atoms with Crippen molar-refractivity contribution in [2.24, 2.45) is 5.92 Å². The average Bonchev–Trinajstić information content (AvgIpc) is 3.01. The van der Waals surface area contributed by atoms with Gasteiger partial charge in [-0.1, -0.05) is 67.3 Å². The fourth-order valence-corrected chi connectivity index (χ4v) is 3.32. The van der Waals surface area contributed by atoms with E-state index in [0.29, 0.717) is 16.0 Å². The fraction of sp³-hybridized carbons (Fsp3) is 0.375. The molecule has 0 saturated carbocycles. The number of benzene rings is 1. The van der Waals surface area contributed by atoms with Gasteiger partial charge in [-0.25, -0.2) is 0 Å². The molecular formula is C16H20N4O2S2. The van der Waals surface area contributed by atoms with Gasteiger partial charge in [0.05, 0.1) is 5.75 Å². The number of aromatic nitrogens is 2. The average molecular weight is 364 g/mol. The second kappa shape index (κ2) is 9.39. The molecule has 2 aromatic rings. The van der Waals surface area contributed by atoms with E-state index >= 15 is 0 Å². The predicted molar refractivity (Wildman–Crippen MR) is 97.3 cm³/mol. The number of anilines is 1. The summed E-state index contributed by atoms with van der Waals surface area (Å²) in [6.07, 6.45) is 0.807. The van der Waals surface area contributed by atoms with Crippen molar-refractivity contribution in [1.29, 1.82) is 0 Å². The number of hydrogen-bond acceptors (Lipinski definition) is 6. The van der Waals surface area contributed by atoms with Crippen LogP contribution in [-0.2, 0) is 16.0 Å². The lowest BCUT2D eigenvalue weighted by Crippen LogP contribution is -2.27. The van der Waals surface area contributed by atoms with Crippen LogP contribution < -0.4 is 10.6 Å². The summed E-state index contributed by atoms with van der Waals surface area (Å²) in [5.74, 6) is 0.0299. The Morgan fingerprint density at radius 2 is 1.96 bits per heavy atom. The molecule has 0 aliphatic carbocycles. The Kier molecular flexibility index (Phi) is 7.20. The van der Waals surface area contributed by atoms with Gasteiger partial charge in [0.1, 0.15) is 0 Å². The van der Waals surface area contributed by atoms with E-state index in [9.17, 15) is 9.59 Å². The van der Waals surface area contributed by atoms with Crippen LogP contribution in [-0.4, -0.2) is 34.3 Å². The number of thioether (sulfide) groups is 1. The first-order valence-corrected chi connectivity index (χ1v) is 9.42. The third-order valence-electron chi connectivity index (χ3n) is 3.07. The van der Waals surface area contributed by atoms with Gasteiger partial charge in [-0.05, 0) is 12.0 Å². The van der Waals surface area contributed by atoms with Gasteiger partial charge in [-0.2, -0.15) is 0 Å². The third kappa shape index (κ3) is 6.29. The van der Waals surface area contributed by atoms with Crippen molar-refractivity contribution >= 4 is 40.0 Å². The molecule has 6 nitrogen and oxygen atoms in total. The molecule has 2 rings (SSSR count). The molecule has 0 spiro atoms. The maximum absolute atomic E-state index is 11.8. The van der Waals surface area contributed by atoms with E-state index in [4.69, 9.17) is 0 Å². The van der Waals surface area contributed by atoms with Gasteiger partial charge in [0.2, 0.25) is 16.9 Å². The van der Waals surface area contributed by atoms with Crippen LogP contribution in [0, 0.1) is 5.92 Å². The molecule has 8 heteroatoms. The molecule has 0 fully saturated rings. The van der Waals surface area contributed by atoms with Gasteiger partial charge < -0.3 is 10.6 Å². The zero-order valence-corrected chi connectivity index (χ0v) is 15.2. The normalized spacial score (nSPS) is 10.6. The maximum Gasteiger partial charge on any atom is 0.230 e. The molecule has 1 aromatic heterocycles. The van der Waals surface area contributed by atoms with E-state index in [1.165, 1.54) is 28.7 Å². The first kappa shape index (κ1) is 18.4. The Hall–Kier alpha value is -1.93. The number of nitrogens with one attached hydrogen (secondary N) is 2. The summed E-state index contributed by atoms with van der Waals surface area (Å²) in [4.78, 5) is 23.4. The Balaban J connectivity index is 1.68. The monoisotopic (exact) mass is 364 g/mol. The highest BCUT2D eigenvalue weighted by Crippen LogP contribution is 2.25. The van der Waals surface area contributed by atoms with E-state index in [2.05, 4.69) is 20.8 Å². The summed E-state index contributed by atoms with van der Waals surface area (Å²) in [5, 5.41) is 13.9. The predicted octanol–water partition coefficient (Wildman–Crippen LogP) is 2.58. The molecule has 2 amide bonds. The highest BCUT2D eigenvalue weighted by atomic mass is 32.2. The van der Waals surface area contributed by atoms with E-state index in [0.717, 1.165) is 6.42 Å². The van der Waals surface area contributed by atoms with Gasteiger partial charge in [0.25, 0.3) is 0 Å². The van der Waals surface area contributed by atoms with Crippen molar-refractivity contribution in [3.05, 3.63) is 35.9 Å². The summed E-state index contributed by atoms with van der Waals surface area (Å²) in [7, 11) is 0. The van der Waals surface area contributed by atoms with Gasteiger partial charge >= 0.3 is 0 Å². The van der Waals surface area contributed by atoms with Crippen LogP contribution in [0.25, 0.3) is 0 Å². The maximum atomic E-state index is 11.8. The first-order chi connectivity index (χ1) is 11.5. The van der Waals surface area contributed by atoms with Crippen LogP contribution in [0.1, 0.15) is 19.4 Å². The Labute approximate surface area is 149 Å². The largest absolute Gasteiger partial charge is 0.355 e. The molecule has 0 aliphatic rings. The first-order valence-electron chi connectivity index (χ1n) is 7.62. The molecule has 2 N–H and O–H groups in total. The molecule has 0 aliphatic heterocycles. The lowest BCUT2D eigenvalue weighted by Gasteiger charge is -2.04. The number of amides is 2. The summed E-state index contributed by atoms with van der Waals surface area (Å²) in [6, 6.07) is 10.0. The summed E-state index contributed by atoms with van der Waals surface area (Å²) in [5.41, 5.74) is 1.19. The molecule has 0 saturated heterocycles. The van der Waals surface area contributed by atoms with Crippen LogP contribution in [0.4, 0.5) is 5.13 Å². The van der Waals surface area contributed by atoms with Crippen molar-refractivity contribution < 1.29 is 9.59 Å². The smallest absolute Gasteiger partial charge is 0.230 e. The fourth-order valence-electron chi connectivity index (χ4n) is 1.74. The SMILES string of the molecule is CC(C)C(=O)Nc1nnc(SCC(=O)NCCc2ccccc2)s1. The van der Waals surface area contributed by atoms with Crippen LogP contribution in [0.5, 0.6) is 0 Å². The lowest BCUT2D eigenvalue weighted by atomic mass is 10.1. The van der Waals surface area contributed by atoms with Gasteiger partial charge in [0.15, 0.2) is 4.34 Å². The Bertz CT molecular complexity index is 674. The molecular weight excluding hydrogens is 344 g/mol. The molecule has 1 heterocycles. The molecule has 0 unspecified atom stereocenters. The van der Waals surface area contributed by atoms with Crippen molar-refractivity contribution in [3.63, 3.8) is 0 Å². The van der Waals surface area contributed by atoms with E-state index in [1.54, 1.807) is 0 Å². The summed E-state index contributed by atoms with van der Waals surface area (Å²) < 4.78 is 0.660. The number of carbonyl (C=O) groups is 2. The van der Waals surface area contributed by atoms with E-state index < -0.39 is 0 Å². The van der Waals surface area contributed by atoms with Gasteiger partial charge in [-0.15, -0.1) is 10.2 Å². The second-order valence-electron chi connectivity index (χ2n) is 5.39. The highest BCUT2D eigenvalue weighted by molar-refractivity contribution is 8.01. The zero-order valence-electron chi connectivity index (χ0n) is 13.6. The molecule has 0 atom stereocenters. The van der Waals surface area contributed by atoms with E-state index in [-0.39, 0.29) is 23.5 Å². The lowest BCUT2D eigenvalue weighted by molar-refractivity contribution is -0.119. The van der Waals surface area contributed by atoms with Crippen molar-refractivity contribution in [2.75, 3.05) is 17.6 Å². The molecule has 24 heavy (non-hydrogen) atoms. The van der Waals surface area contributed by atoms with Crippen LogP contribution in [0.15, 0.2) is 34.7 Å². The quantitative estimate of drug-likeness (QED) is 0.556. The van der Waals surface area contributed by atoms with Crippen molar-refractivity contribution in [3.8, 4) is 0 Å². The summed E-state index contributed by atoms with van der Waals surface area (Å²) >= 11 is 2.58. The van der Waals surface area contributed by atoms with Gasteiger partial charge in [0, 0.05) is 12.5 Å². The van der Waals surface area contributed by atoms with Crippen LogP contribution >= 0.6 is 23.1 Å². The minimum atomic E-state index is -0.111. The second-order valence-corrected chi connectivity index (χ2v) is 7.59. The minimum absolute atomic E-state index is 0.0427. The Morgan fingerprint density at radius 3 is 2.67 bits per heavy atom. The number of carbonyl (C=O) groups excluding carboxylic acids is 2. The Morgan fingerprint density at radius 1 is 1.21 bits per heavy atom. The standard InChI is InChI=1S/C16H20N4O2S2/c1-11(2)14(22)18-15-19-20-16(24-15)23-10-13(21)17-9-8-12-6-4-3-5-7-12/h3-7,11H,8-10H2,1-2H3,(H,17,21)(H,18,19,22). The van der Waals surface area contributed by atoms with Gasteiger partial charge in [-0.3, -0.25) is 9.59 Å². The minimum Gasteiger partial charge on any atom is -0.355 e. The number of nitrogens with zero attached hydrogens (tertiary/aromatic N) is 2. The number of hydrogen-bond donors (Lipinski definition) is 2. The van der Waals surface area contributed by atoms with Crippen molar-refractivity contribution in [1.82, 2.24) is 15.5 Å². The highest BCUT2D eigenvalue weighted by Gasteiger charge is 2.12. The third-order valence-corrected chi connectivity index (χ3v) is 5.04. The van der Waals surface area contributed by atoms with Crippen LogP contribution in [0.2, 0.25) is 0 Å². The molecule has 0 radical (unpaired) electrons.